The van der Waals surface area contributed by atoms with E-state index < -0.39 is 10.0 Å². The van der Waals surface area contributed by atoms with Gasteiger partial charge < -0.3 is 25.2 Å². The fourth-order valence-electron chi connectivity index (χ4n) is 5.38. The molecule has 0 unspecified atom stereocenters. The Morgan fingerprint density at radius 1 is 1.02 bits per heavy atom. The van der Waals surface area contributed by atoms with Crippen molar-refractivity contribution in [1.29, 1.82) is 0 Å². The van der Waals surface area contributed by atoms with Gasteiger partial charge in [-0.15, -0.1) is 0 Å². The van der Waals surface area contributed by atoms with Gasteiger partial charge in [0.15, 0.2) is 0 Å². The molecule has 0 radical (unpaired) electrons. The van der Waals surface area contributed by atoms with Crippen LogP contribution in [0.1, 0.15) is 12.8 Å². The number of hydrogen-bond donors (Lipinski definition) is 3. The van der Waals surface area contributed by atoms with Crippen molar-refractivity contribution in [3.63, 3.8) is 0 Å². The number of rotatable bonds is 9. The van der Waals surface area contributed by atoms with Crippen LogP contribution in [0.3, 0.4) is 0 Å². The van der Waals surface area contributed by atoms with Crippen molar-refractivity contribution in [2.24, 2.45) is 0 Å². The minimum Gasteiger partial charge on any atom is -0.494 e. The molecule has 3 aromatic rings. The van der Waals surface area contributed by atoms with Crippen LogP contribution in [0.2, 0.25) is 5.02 Å². The van der Waals surface area contributed by atoms with Gasteiger partial charge in [0, 0.05) is 68.7 Å². The molecule has 0 atom stereocenters. The van der Waals surface area contributed by atoms with Crippen LogP contribution < -0.4 is 25.0 Å². The molecule has 0 amide bonds. The van der Waals surface area contributed by atoms with E-state index in [0.717, 1.165) is 58.4 Å². The number of piperidine rings is 1. The number of aromatic nitrogens is 2. The van der Waals surface area contributed by atoms with Gasteiger partial charge in [-0.1, -0.05) is 11.6 Å². The molecule has 2 saturated heterocycles. The number of hydrogen-bond acceptors (Lipinski definition) is 10. The Kier molecular flexibility index (Phi) is 9.81. The summed E-state index contributed by atoms with van der Waals surface area (Å²) in [6.45, 7) is 5.88. The molecule has 2 aromatic carbocycles. The first-order valence-electron chi connectivity index (χ1n) is 13.9. The summed E-state index contributed by atoms with van der Waals surface area (Å²) in [5.41, 5.74) is 1.54. The number of methoxy groups -OCH3 is 1. The second kappa shape index (κ2) is 13.4. The molecule has 0 aliphatic carbocycles. The monoisotopic (exact) mass is 696 g/mol. The highest BCUT2D eigenvalue weighted by molar-refractivity contribution is 9.10. The minimum absolute atomic E-state index is 0.170. The summed E-state index contributed by atoms with van der Waals surface area (Å²) < 4.78 is 47.8. The second-order valence-corrected chi connectivity index (χ2v) is 13.8. The summed E-state index contributed by atoms with van der Waals surface area (Å²) in [6, 6.07) is 8.32. The molecule has 1 aromatic heterocycles. The maximum Gasteiger partial charge on any atom is 0.229 e. The lowest BCUT2D eigenvalue weighted by atomic mass is 10.0. The summed E-state index contributed by atoms with van der Waals surface area (Å²) in [7, 11) is 0.149. The minimum atomic E-state index is -3.54. The predicted octanol–water partition coefficient (Wildman–Crippen LogP) is 5.12. The smallest absolute Gasteiger partial charge is 0.229 e. The molecule has 0 bridgehead atoms. The number of halogens is 3. The molecule has 15 heteroatoms. The van der Waals surface area contributed by atoms with Crippen LogP contribution in [0.15, 0.2) is 41.0 Å². The maximum absolute atomic E-state index is 15.5. The quantitative estimate of drug-likeness (QED) is 0.279. The number of nitrogens with zero attached hydrogens (tertiary/aromatic N) is 5. The van der Waals surface area contributed by atoms with Crippen LogP contribution >= 0.6 is 27.5 Å². The fourth-order valence-corrected chi connectivity index (χ4v) is 6.42. The Morgan fingerprint density at radius 2 is 1.74 bits per heavy atom. The van der Waals surface area contributed by atoms with Crippen molar-refractivity contribution in [2.75, 3.05) is 79.9 Å². The molecular weight excluding hydrogens is 663 g/mol. The van der Waals surface area contributed by atoms with Gasteiger partial charge in [-0.3, -0.25) is 9.62 Å². The van der Waals surface area contributed by atoms with Crippen LogP contribution in [0, 0.1) is 5.82 Å². The van der Waals surface area contributed by atoms with E-state index in [2.05, 4.69) is 63.0 Å². The molecule has 0 saturated carbocycles. The SMILES string of the molecule is COc1cc(N2CCC(N3CCN(C)CC3)CC2)c(F)cc1Nc1ncc(Br)c(Nc2cc(Cl)ccc2NS(C)(=O)=O)n1. The van der Waals surface area contributed by atoms with Gasteiger partial charge in [-0.05, 0) is 54.0 Å². The highest BCUT2D eigenvalue weighted by Gasteiger charge is 2.28. The van der Waals surface area contributed by atoms with Crippen molar-refractivity contribution in [2.45, 2.75) is 18.9 Å². The molecule has 0 spiro atoms. The van der Waals surface area contributed by atoms with Gasteiger partial charge >= 0.3 is 0 Å². The number of piperazine rings is 1. The van der Waals surface area contributed by atoms with Crippen molar-refractivity contribution < 1.29 is 17.5 Å². The van der Waals surface area contributed by atoms with Crippen molar-refractivity contribution in [1.82, 2.24) is 19.8 Å². The van der Waals surface area contributed by atoms with E-state index in [0.29, 0.717) is 49.9 Å². The van der Waals surface area contributed by atoms with Gasteiger partial charge in [-0.25, -0.2) is 17.8 Å². The van der Waals surface area contributed by atoms with E-state index in [9.17, 15) is 8.42 Å². The average molecular weight is 698 g/mol. The number of likely N-dealkylation sites (N-methyl/N-ethyl adjacent to an activating group) is 1. The molecule has 3 heterocycles. The van der Waals surface area contributed by atoms with Gasteiger partial charge in [0.2, 0.25) is 16.0 Å². The van der Waals surface area contributed by atoms with Crippen LogP contribution in [0.4, 0.5) is 38.9 Å². The van der Waals surface area contributed by atoms with Crippen molar-refractivity contribution in [3.05, 3.63) is 51.8 Å². The topological polar surface area (TPSA) is 115 Å². The molecule has 11 nitrogen and oxygen atoms in total. The lowest BCUT2D eigenvalue weighted by Gasteiger charge is -2.42. The first kappa shape index (κ1) is 31.5. The largest absolute Gasteiger partial charge is 0.494 e. The number of sulfonamides is 1. The Morgan fingerprint density at radius 3 is 2.42 bits per heavy atom. The third-order valence-electron chi connectivity index (χ3n) is 7.65. The molecular formula is C28H35BrClFN8O3S. The molecule has 2 aliphatic heterocycles. The zero-order chi connectivity index (χ0) is 30.7. The third-order valence-corrected chi connectivity index (χ3v) is 9.06. The van der Waals surface area contributed by atoms with E-state index >= 15 is 4.39 Å². The summed E-state index contributed by atoms with van der Waals surface area (Å²) in [6.07, 6.45) is 4.56. The van der Waals surface area contributed by atoms with Crippen LogP contribution in [-0.2, 0) is 10.0 Å². The van der Waals surface area contributed by atoms with Crippen LogP contribution in [-0.4, -0.2) is 93.9 Å². The summed E-state index contributed by atoms with van der Waals surface area (Å²) in [5.74, 6) is 0.583. The Hall–Kier alpha value is -2.91. The average Bonchev–Trinajstić information content (AvgIpc) is 2.96. The number of anilines is 6. The fraction of sp³-hybridized carbons (Fsp3) is 0.429. The number of nitrogens with one attached hydrogen (secondary N) is 3. The third kappa shape index (κ3) is 7.98. The van der Waals surface area contributed by atoms with Crippen LogP contribution in [0.5, 0.6) is 5.75 Å². The van der Waals surface area contributed by atoms with Gasteiger partial charge in [0.1, 0.15) is 17.4 Å². The highest BCUT2D eigenvalue weighted by atomic mass is 79.9. The maximum atomic E-state index is 15.5. The molecule has 2 aliphatic rings. The molecule has 232 valence electrons. The van der Waals surface area contributed by atoms with Crippen LogP contribution in [0.25, 0.3) is 0 Å². The Bertz CT molecular complexity index is 1570. The zero-order valence-electron chi connectivity index (χ0n) is 24.2. The van der Waals surface area contributed by atoms with E-state index in [4.69, 9.17) is 16.3 Å². The summed E-state index contributed by atoms with van der Waals surface area (Å²) in [5, 5.41) is 6.53. The van der Waals surface area contributed by atoms with E-state index in [-0.39, 0.29) is 11.8 Å². The van der Waals surface area contributed by atoms with E-state index in [1.165, 1.54) is 19.4 Å². The number of ether oxygens (including phenoxy) is 1. The molecule has 3 N–H and O–H groups in total. The second-order valence-electron chi connectivity index (χ2n) is 10.8. The highest BCUT2D eigenvalue weighted by Crippen LogP contribution is 2.37. The van der Waals surface area contributed by atoms with E-state index in [1.807, 2.05) is 0 Å². The van der Waals surface area contributed by atoms with Crippen molar-refractivity contribution in [3.8, 4) is 5.75 Å². The lowest BCUT2D eigenvalue weighted by molar-refractivity contribution is 0.0981. The first-order chi connectivity index (χ1) is 20.5. The first-order valence-corrected chi connectivity index (χ1v) is 16.9. The Labute approximate surface area is 264 Å². The van der Waals surface area contributed by atoms with E-state index in [1.54, 1.807) is 24.3 Å². The standard InChI is InChI=1S/C28H35BrClFN8O3S/c1-37-10-12-38(13-11-37)19-6-8-39(9-7-19)25-16-26(42-2)24(15-21(25)31)34-28-32-17-20(29)27(35-28)33-23-14-18(30)4-5-22(23)36-43(3,40)41/h4-5,14-17,19,36H,6-13H2,1-3H3,(H2,32,33,34,35). The van der Waals surface area contributed by atoms with Gasteiger partial charge in [0.05, 0.1) is 40.6 Å². The number of benzene rings is 2. The Balaban J connectivity index is 1.31. The summed E-state index contributed by atoms with van der Waals surface area (Å²) in [4.78, 5) is 15.8. The van der Waals surface area contributed by atoms with Gasteiger partial charge in [-0.2, -0.15) is 4.98 Å². The van der Waals surface area contributed by atoms with Crippen molar-refractivity contribution >= 4 is 72.1 Å². The summed E-state index contributed by atoms with van der Waals surface area (Å²) >= 11 is 9.59. The normalized spacial score (nSPS) is 17.1. The van der Waals surface area contributed by atoms with Gasteiger partial charge in [0.25, 0.3) is 0 Å². The molecule has 5 rings (SSSR count). The molecule has 2 fully saturated rings. The zero-order valence-corrected chi connectivity index (χ0v) is 27.4. The molecule has 43 heavy (non-hydrogen) atoms. The lowest BCUT2D eigenvalue weighted by Crippen LogP contribution is -2.52. The predicted molar refractivity (Wildman–Crippen MR) is 173 cm³/mol.